The van der Waals surface area contributed by atoms with E-state index in [0.29, 0.717) is 5.52 Å². The molecule has 0 amide bonds. The Bertz CT molecular complexity index is 5370. The van der Waals surface area contributed by atoms with Gasteiger partial charge in [0.2, 0.25) is 11.3 Å². The van der Waals surface area contributed by atoms with Crippen LogP contribution in [0.5, 0.6) is 5.75 Å². The summed E-state index contributed by atoms with van der Waals surface area (Å²) in [6, 6.07) is 43.7. The SMILES string of the molecule is C.CN(C)C1=CC2=C3C=C(N(C)C)C=CN3CCCN2C=C1.CN1c2ccccc2N(C)C12CCCCC21N(C)c2ccccc2N1C.Cc1c(F)c(F)c(-c2ccc3c(c2)C(=C(C#N)C#N)c2cc4c(cc2-3)C(=C(C#N)C#N)c2cc(-c3c(F)c(F)c(F)c(F)c3F)ccc2-4)c(F)c1F.[Li+].[O-]c1cccc2ccc[nH+]c12. The Balaban J connectivity index is 0.000000160. The van der Waals surface area contributed by atoms with E-state index in [4.69, 9.17) is 0 Å². The molecule has 14 nitrogen and oxygen atoms in total. The van der Waals surface area contributed by atoms with Crippen molar-refractivity contribution in [3.8, 4) is 74.5 Å². The number of hydrogen-bond donors (Lipinski definition) is 0. The van der Waals surface area contributed by atoms with Crippen LogP contribution in [0.2, 0.25) is 0 Å². The molecule has 5 aliphatic heterocycles. The van der Waals surface area contributed by atoms with Crippen LogP contribution in [0.1, 0.15) is 67.3 Å². The summed E-state index contributed by atoms with van der Waals surface area (Å²) < 4.78 is 131. The minimum atomic E-state index is -2.36. The summed E-state index contributed by atoms with van der Waals surface area (Å²) in [6.07, 6.45) is 21.2. The van der Waals surface area contributed by atoms with Crippen LogP contribution in [0.25, 0.3) is 66.6 Å². The van der Waals surface area contributed by atoms with Gasteiger partial charge < -0.3 is 44.3 Å². The van der Waals surface area contributed by atoms with Crippen LogP contribution in [0.4, 0.5) is 62.3 Å². The molecule has 0 unspecified atom stereocenters. The van der Waals surface area contributed by atoms with Gasteiger partial charge in [-0.3, -0.25) is 0 Å². The molecule has 0 atom stereocenters. The van der Waals surface area contributed by atoms with Crippen LogP contribution in [-0.4, -0.2) is 100 Å². The van der Waals surface area contributed by atoms with Crippen molar-refractivity contribution in [2.75, 3.05) is 89.1 Å². The normalized spacial score (nSPS) is 15.6. The molecule has 24 heteroatoms. The number of nitrogens with zero attached hydrogens (tertiary/aromatic N) is 12. The van der Waals surface area contributed by atoms with Gasteiger partial charge in [0.05, 0.1) is 45.3 Å². The molecule has 8 aromatic carbocycles. The van der Waals surface area contributed by atoms with Crippen LogP contribution in [0, 0.1) is 105 Å². The molecule has 9 aromatic rings. The molecular weight excluding hydrogens is 1430 g/mol. The summed E-state index contributed by atoms with van der Waals surface area (Å²) >= 11 is 0. The Morgan fingerprint density at radius 2 is 0.812 bits per heavy atom. The quantitative estimate of drug-likeness (QED) is 0.0539. The zero-order chi connectivity index (χ0) is 78.3. The number of likely N-dealkylation sites (N-methyl/N-ethyl adjacent to an activating group) is 6. The van der Waals surface area contributed by atoms with E-state index in [1.165, 1.54) is 82.6 Å². The van der Waals surface area contributed by atoms with E-state index in [1.54, 1.807) is 42.6 Å². The molecule has 2 spiro atoms. The van der Waals surface area contributed by atoms with Crippen molar-refractivity contribution in [1.82, 2.24) is 19.6 Å². The van der Waals surface area contributed by atoms with E-state index in [9.17, 15) is 56.9 Å². The third kappa shape index (κ3) is 12.4. The fourth-order valence-electron chi connectivity index (χ4n) is 16.9. The fraction of sp³-hybridized carbons (Fsp3) is 0.216. The minimum absolute atomic E-state index is 0. The zero-order valence-corrected chi connectivity index (χ0v) is 62.3. The maximum atomic E-state index is 15.1. The second-order valence-corrected chi connectivity index (χ2v) is 28.1. The van der Waals surface area contributed by atoms with E-state index < -0.39 is 85.8 Å². The molecule has 6 heterocycles. The summed E-state index contributed by atoms with van der Waals surface area (Å²) in [5.74, 6) is -17.5. The number of fused-ring (bicyclic) bond motifs is 12. The topological polar surface area (TPSA) is 158 Å². The van der Waals surface area contributed by atoms with Gasteiger partial charge in [-0.2, -0.15) is 21.0 Å². The van der Waals surface area contributed by atoms with Crippen molar-refractivity contribution in [1.29, 1.82) is 21.0 Å². The molecular formula is C88H74F9LiN13O+. The van der Waals surface area contributed by atoms with E-state index >= 15 is 8.78 Å². The Labute approximate surface area is 656 Å². The average Bonchev–Trinajstić information content (AvgIpc) is 1.50. The van der Waals surface area contributed by atoms with E-state index in [0.717, 1.165) is 68.9 Å². The molecule has 17 rings (SSSR count). The van der Waals surface area contributed by atoms with Crippen LogP contribution >= 0.6 is 0 Å². The molecule has 1 N–H and O–H groups in total. The fourth-order valence-corrected chi connectivity index (χ4v) is 16.9. The molecule has 1 saturated carbocycles. The molecule has 1 fully saturated rings. The monoisotopic (exact) mass is 1510 g/mol. The van der Waals surface area contributed by atoms with Crippen molar-refractivity contribution >= 4 is 44.8 Å². The Morgan fingerprint density at radius 1 is 0.446 bits per heavy atom. The number of rotatable bonds is 4. The first kappa shape index (κ1) is 79.0. The number of para-hydroxylation sites is 5. The molecule has 8 aliphatic rings. The number of benzene rings is 8. The molecule has 0 bridgehead atoms. The van der Waals surface area contributed by atoms with Gasteiger partial charge in [-0.15, -0.1) is 0 Å². The molecule has 112 heavy (non-hydrogen) atoms. The number of nitriles is 4. The minimum Gasteiger partial charge on any atom is -0.868 e. The number of aromatic amines is 1. The largest absolute Gasteiger partial charge is 1.00 e. The first-order chi connectivity index (χ1) is 52.8. The number of allylic oxidation sites excluding steroid dienone is 6. The van der Waals surface area contributed by atoms with Gasteiger partial charge in [-0.05, 0) is 185 Å². The van der Waals surface area contributed by atoms with Crippen molar-refractivity contribution in [2.24, 2.45) is 0 Å². The molecule has 0 radical (unpaired) electrons. The summed E-state index contributed by atoms with van der Waals surface area (Å²) in [5.41, 5.74) is 7.40. The molecule has 560 valence electrons. The molecule has 3 aliphatic carbocycles. The first-order valence-electron chi connectivity index (χ1n) is 35.3. The number of halogens is 9. The summed E-state index contributed by atoms with van der Waals surface area (Å²) in [6.45, 7) is 3.00. The Kier molecular flexibility index (Phi) is 21.7. The summed E-state index contributed by atoms with van der Waals surface area (Å²) in [7, 11) is 17.5. The van der Waals surface area contributed by atoms with Gasteiger partial charge in [-0.25, -0.2) is 44.5 Å². The van der Waals surface area contributed by atoms with Gasteiger partial charge in [-0.1, -0.05) is 68.1 Å². The van der Waals surface area contributed by atoms with E-state index in [-0.39, 0.29) is 105 Å². The number of anilines is 4. The maximum absolute atomic E-state index is 15.1. The Hall–Kier alpha value is -12.5. The molecule has 1 aromatic heterocycles. The van der Waals surface area contributed by atoms with Crippen LogP contribution in [-0.2, 0) is 0 Å². The van der Waals surface area contributed by atoms with Gasteiger partial charge >= 0.3 is 18.9 Å². The second kappa shape index (κ2) is 30.7. The Morgan fingerprint density at radius 3 is 1.19 bits per heavy atom. The average molecular weight is 1510 g/mol. The first-order valence-corrected chi connectivity index (χ1v) is 35.3. The number of pyridine rings is 1. The van der Waals surface area contributed by atoms with Gasteiger partial charge in [0, 0.05) is 121 Å². The van der Waals surface area contributed by atoms with Gasteiger partial charge in [0.25, 0.3) is 0 Å². The predicted octanol–water partition coefficient (Wildman–Crippen LogP) is 14.9. The van der Waals surface area contributed by atoms with E-state index in [2.05, 4.69) is 186 Å². The number of H-pyrrole nitrogens is 1. The smallest absolute Gasteiger partial charge is 0.868 e. The third-order valence-electron chi connectivity index (χ3n) is 22.2. The van der Waals surface area contributed by atoms with E-state index in [1.807, 2.05) is 18.2 Å². The third-order valence-corrected chi connectivity index (χ3v) is 22.2. The standard InChI is InChI=1S/C39H11F9N4.C22H28N4.C17H24N4.C9H7NO.CH4.Li/c1-14-31(40)33(42)29(34(43)32(14)41)15-2-4-19-21-8-26-22(9-25(21)27(23(19)6-15)17(10-49)11-50)20-5-3-16(7-24(20)28(26)18(12-51)13-52)30-35(44)37(46)39(48)38(47)36(30)45;1-23-17-11-5-6-12-18(17)24(2)21(23)15-9-10-16-22(21)25(3)19-13-7-8-14-20(19)26(22)4;1-18(2)14-6-10-20-8-5-9-21-11-7-15(19(3)4)13-17(21)16(20)12-14;11-8-5-1-3-7-4-2-6-10-9(7)8;;/h2-9H,1H3;5-8,11-14H,9-10,15-16H2,1-4H3;6-7,10-13H,5,8-9H2,1-4H3;1-6,11H;1H4;/q;;;;;+1. The van der Waals surface area contributed by atoms with Gasteiger partial charge in [0.1, 0.15) is 35.4 Å². The molecule has 0 saturated heterocycles. The van der Waals surface area contributed by atoms with Crippen LogP contribution < -0.4 is 48.6 Å². The van der Waals surface area contributed by atoms with Crippen molar-refractivity contribution < 1.29 is 68.5 Å². The summed E-state index contributed by atoms with van der Waals surface area (Å²) in [5, 5.41) is 51.7. The number of hydrogen-bond acceptors (Lipinski definition) is 13. The zero-order valence-electron chi connectivity index (χ0n) is 62.3. The van der Waals surface area contributed by atoms with Crippen LogP contribution in [0.15, 0.2) is 204 Å². The number of aromatic nitrogens is 1. The summed E-state index contributed by atoms with van der Waals surface area (Å²) in [4.78, 5) is 22.2. The number of nitrogens with one attached hydrogen (secondary N) is 1. The van der Waals surface area contributed by atoms with Crippen LogP contribution in [0.3, 0.4) is 0 Å². The van der Waals surface area contributed by atoms with Crippen molar-refractivity contribution in [3.63, 3.8) is 0 Å². The predicted molar refractivity (Wildman–Crippen MR) is 411 cm³/mol. The second-order valence-electron chi connectivity index (χ2n) is 28.1. The van der Waals surface area contributed by atoms with Crippen molar-refractivity contribution in [2.45, 2.75) is 57.8 Å². The maximum Gasteiger partial charge on any atom is 1.00 e. The van der Waals surface area contributed by atoms with Gasteiger partial charge in [0.15, 0.2) is 64.1 Å². The van der Waals surface area contributed by atoms with Crippen molar-refractivity contribution in [3.05, 3.63) is 284 Å².